The summed E-state index contributed by atoms with van der Waals surface area (Å²) in [6.07, 6.45) is 1.07. The number of hydrogen-bond acceptors (Lipinski definition) is 2. The molecule has 2 unspecified atom stereocenters. The summed E-state index contributed by atoms with van der Waals surface area (Å²) in [7, 11) is -1.17. The maximum absolute atomic E-state index is 12.5. The summed E-state index contributed by atoms with van der Waals surface area (Å²) in [6, 6.07) is 7.34. The zero-order valence-corrected chi connectivity index (χ0v) is 13.7. The molecule has 3 nitrogen and oxygen atoms in total. The predicted molar refractivity (Wildman–Crippen MR) is 84.0 cm³/mol. The fourth-order valence-corrected chi connectivity index (χ4v) is 5.08. The second-order valence-electron chi connectivity index (χ2n) is 7.49. The van der Waals surface area contributed by atoms with E-state index < -0.39 is 13.5 Å². The zero-order valence-electron chi connectivity index (χ0n) is 12.7. The Labute approximate surface area is 121 Å². The van der Waals surface area contributed by atoms with Crippen LogP contribution < -0.4 is 5.32 Å². The van der Waals surface area contributed by atoms with Crippen molar-refractivity contribution in [2.24, 2.45) is 0 Å². The zero-order chi connectivity index (χ0) is 14.5. The van der Waals surface area contributed by atoms with Crippen LogP contribution in [0, 0.1) is 6.92 Å². The first-order valence-corrected chi connectivity index (χ1v) is 11.1. The Morgan fingerprint density at radius 3 is 2.85 bits per heavy atom. The minimum atomic E-state index is -1.17. The third kappa shape index (κ3) is 2.21. The van der Waals surface area contributed by atoms with Crippen LogP contribution in [0.5, 0.6) is 0 Å². The van der Waals surface area contributed by atoms with Crippen molar-refractivity contribution in [3.05, 3.63) is 29.3 Å². The molecule has 0 saturated carbocycles. The molecule has 1 N–H and O–H groups in total. The van der Waals surface area contributed by atoms with Gasteiger partial charge in [0.1, 0.15) is 5.41 Å². The molecule has 0 aromatic heterocycles. The molecule has 1 fully saturated rings. The molecule has 20 heavy (non-hydrogen) atoms. The summed E-state index contributed by atoms with van der Waals surface area (Å²) >= 11 is 0. The van der Waals surface area contributed by atoms with Gasteiger partial charge in [0, 0.05) is 13.8 Å². The first-order valence-electron chi connectivity index (χ1n) is 7.34. The van der Waals surface area contributed by atoms with Gasteiger partial charge in [-0.15, -0.1) is 0 Å². The molecule has 4 heteroatoms. The normalized spacial score (nSPS) is 28.8. The van der Waals surface area contributed by atoms with Gasteiger partial charge in [-0.1, -0.05) is 37.3 Å². The second-order valence-corrected chi connectivity index (χ2v) is 13.0. The molecule has 0 radical (unpaired) electrons. The van der Waals surface area contributed by atoms with Crippen molar-refractivity contribution in [1.29, 1.82) is 0 Å². The van der Waals surface area contributed by atoms with E-state index >= 15 is 0 Å². The highest BCUT2D eigenvalue weighted by molar-refractivity contribution is 6.76. The average Bonchev–Trinajstić information content (AvgIpc) is 2.84. The summed E-state index contributed by atoms with van der Waals surface area (Å²) in [5.41, 5.74) is 2.87. The molecule has 1 amide bonds. The number of amides is 1. The van der Waals surface area contributed by atoms with Crippen molar-refractivity contribution in [2.75, 3.05) is 11.9 Å². The molecule has 2 aliphatic rings. The van der Waals surface area contributed by atoms with Gasteiger partial charge in [0.25, 0.3) is 0 Å². The van der Waals surface area contributed by atoms with Gasteiger partial charge >= 0.3 is 0 Å². The van der Waals surface area contributed by atoms with Crippen LogP contribution in [0.25, 0.3) is 0 Å². The average molecular weight is 289 g/mol. The number of anilines is 1. The maximum atomic E-state index is 12.5. The van der Waals surface area contributed by atoms with Crippen LogP contribution in [-0.4, -0.2) is 26.7 Å². The van der Waals surface area contributed by atoms with Gasteiger partial charge in [0.2, 0.25) is 5.91 Å². The lowest BCUT2D eigenvalue weighted by atomic mass is 9.79. The Hall–Kier alpha value is -1.13. The minimum Gasteiger partial charge on any atom is -0.377 e. The van der Waals surface area contributed by atoms with Crippen LogP contribution >= 0.6 is 0 Å². The highest BCUT2D eigenvalue weighted by atomic mass is 28.3. The van der Waals surface area contributed by atoms with Crippen molar-refractivity contribution in [1.82, 2.24) is 0 Å². The molecule has 108 valence electrons. The van der Waals surface area contributed by atoms with E-state index in [-0.39, 0.29) is 12.0 Å². The number of carbonyl (C=O) groups is 1. The molecule has 2 atom stereocenters. The number of aryl methyl sites for hydroxylation is 1. The topological polar surface area (TPSA) is 38.3 Å². The molecule has 3 rings (SSSR count). The molecule has 0 aliphatic carbocycles. The Kier molecular flexibility index (Phi) is 3.06. The number of nitrogens with one attached hydrogen (secondary N) is 1. The third-order valence-corrected chi connectivity index (χ3v) is 6.04. The number of hydrogen-bond donors (Lipinski definition) is 1. The molecular formula is C16H23NO2Si. The highest BCUT2D eigenvalue weighted by Crippen LogP contribution is 2.46. The van der Waals surface area contributed by atoms with E-state index in [4.69, 9.17) is 4.74 Å². The van der Waals surface area contributed by atoms with E-state index in [1.54, 1.807) is 0 Å². The number of fused-ring (bicyclic) bond motifs is 2. The van der Waals surface area contributed by atoms with E-state index in [0.717, 1.165) is 23.7 Å². The van der Waals surface area contributed by atoms with Gasteiger partial charge in [-0.05, 0) is 31.0 Å². The predicted octanol–water partition coefficient (Wildman–Crippen LogP) is 3.31. The molecule has 2 aliphatic heterocycles. The van der Waals surface area contributed by atoms with Gasteiger partial charge in [0.15, 0.2) is 0 Å². The Bertz CT molecular complexity index is 564. The standard InChI is InChI=1S/C16H23NO2Si/c1-11-5-6-14-13(7-11)16(15(18)17-14)8-12(19-10-16)9-20(2,3)4/h5-7,12H,8-10H2,1-4H3,(H,17,18). The second kappa shape index (κ2) is 4.43. The smallest absolute Gasteiger partial charge is 0.237 e. The van der Waals surface area contributed by atoms with Crippen molar-refractivity contribution in [2.45, 2.75) is 50.5 Å². The van der Waals surface area contributed by atoms with Crippen molar-refractivity contribution < 1.29 is 9.53 Å². The minimum absolute atomic E-state index is 0.121. The summed E-state index contributed by atoms with van der Waals surface area (Å²) in [5.74, 6) is 0.121. The van der Waals surface area contributed by atoms with E-state index in [2.05, 4.69) is 37.9 Å². The molecule has 1 aromatic rings. The lowest BCUT2D eigenvalue weighted by molar-refractivity contribution is -0.120. The van der Waals surface area contributed by atoms with E-state index in [1.165, 1.54) is 5.56 Å². The Morgan fingerprint density at radius 1 is 1.40 bits per heavy atom. The van der Waals surface area contributed by atoms with Crippen molar-refractivity contribution in [3.8, 4) is 0 Å². The quantitative estimate of drug-likeness (QED) is 0.848. The third-order valence-electron chi connectivity index (χ3n) is 4.36. The number of ether oxygens (including phenoxy) is 1. The molecule has 1 spiro atoms. The van der Waals surface area contributed by atoms with Crippen LogP contribution in [0.15, 0.2) is 18.2 Å². The van der Waals surface area contributed by atoms with Gasteiger partial charge in [-0.2, -0.15) is 0 Å². The van der Waals surface area contributed by atoms with E-state index in [9.17, 15) is 4.79 Å². The Balaban J connectivity index is 1.91. The molecule has 2 heterocycles. The van der Waals surface area contributed by atoms with Gasteiger partial charge in [-0.25, -0.2) is 0 Å². The fraction of sp³-hybridized carbons (Fsp3) is 0.562. The molecular weight excluding hydrogens is 266 g/mol. The Morgan fingerprint density at radius 2 is 2.15 bits per heavy atom. The number of rotatable bonds is 2. The lowest BCUT2D eigenvalue weighted by Gasteiger charge is -2.22. The number of benzene rings is 1. The van der Waals surface area contributed by atoms with E-state index in [0.29, 0.717) is 6.61 Å². The SMILES string of the molecule is Cc1ccc2c(c1)C1(COC(C[Si](C)(C)C)C1)C(=O)N2. The van der Waals surface area contributed by atoms with Gasteiger partial charge in [0.05, 0.1) is 12.7 Å². The van der Waals surface area contributed by atoms with Gasteiger partial charge < -0.3 is 10.1 Å². The van der Waals surface area contributed by atoms with Crippen LogP contribution in [-0.2, 0) is 14.9 Å². The highest BCUT2D eigenvalue weighted by Gasteiger charge is 2.52. The maximum Gasteiger partial charge on any atom is 0.237 e. The first kappa shape index (κ1) is 13.8. The first-order chi connectivity index (χ1) is 9.30. The summed E-state index contributed by atoms with van der Waals surface area (Å²) in [4.78, 5) is 12.5. The van der Waals surface area contributed by atoms with Crippen LogP contribution in [0.1, 0.15) is 17.5 Å². The molecule has 0 bridgehead atoms. The molecule has 1 saturated heterocycles. The van der Waals surface area contributed by atoms with E-state index in [1.807, 2.05) is 12.1 Å². The van der Waals surface area contributed by atoms with Crippen LogP contribution in [0.2, 0.25) is 25.7 Å². The summed E-state index contributed by atoms with van der Waals surface area (Å²) in [6.45, 7) is 9.67. The van der Waals surface area contributed by atoms with Crippen LogP contribution in [0.3, 0.4) is 0 Å². The van der Waals surface area contributed by atoms with Crippen molar-refractivity contribution in [3.63, 3.8) is 0 Å². The van der Waals surface area contributed by atoms with Gasteiger partial charge in [-0.3, -0.25) is 4.79 Å². The summed E-state index contributed by atoms with van der Waals surface area (Å²) < 4.78 is 6.01. The molecule has 1 aromatic carbocycles. The lowest BCUT2D eigenvalue weighted by Crippen LogP contribution is -2.35. The number of carbonyl (C=O) groups excluding carboxylic acids is 1. The largest absolute Gasteiger partial charge is 0.377 e. The van der Waals surface area contributed by atoms with Crippen molar-refractivity contribution >= 4 is 19.7 Å². The van der Waals surface area contributed by atoms with Crippen LogP contribution in [0.4, 0.5) is 5.69 Å². The monoisotopic (exact) mass is 289 g/mol. The summed E-state index contributed by atoms with van der Waals surface area (Å²) in [5, 5.41) is 3.03. The fourth-order valence-electron chi connectivity index (χ4n) is 3.45.